The summed E-state index contributed by atoms with van der Waals surface area (Å²) in [4.78, 5) is 17.6. The molecule has 4 aromatic rings. The number of nitrogens with one attached hydrogen (secondary N) is 1. The molecule has 150 valence electrons. The van der Waals surface area contributed by atoms with Crippen LogP contribution < -0.4 is 5.32 Å². The van der Waals surface area contributed by atoms with Gasteiger partial charge in [0.2, 0.25) is 5.91 Å². The fourth-order valence-electron chi connectivity index (χ4n) is 3.52. The maximum Gasteiger partial charge on any atom is 0.236 e. The van der Waals surface area contributed by atoms with Crippen LogP contribution in [-0.2, 0) is 10.2 Å². The molecule has 0 radical (unpaired) electrons. The van der Waals surface area contributed by atoms with Crippen molar-refractivity contribution in [3.8, 4) is 22.6 Å². The van der Waals surface area contributed by atoms with E-state index in [2.05, 4.69) is 15.5 Å². The lowest BCUT2D eigenvalue weighted by Gasteiger charge is -2.13. The molecule has 1 saturated carbocycles. The number of halogens is 1. The highest BCUT2D eigenvalue weighted by Crippen LogP contribution is 2.49. The number of aromatic nitrogens is 2. The van der Waals surface area contributed by atoms with Gasteiger partial charge < -0.3 is 9.84 Å². The molecule has 5 nitrogen and oxygen atoms in total. The van der Waals surface area contributed by atoms with Gasteiger partial charge in [0.05, 0.1) is 27.4 Å². The third kappa shape index (κ3) is 3.31. The monoisotopic (exact) mass is 419 g/mol. The highest BCUT2D eigenvalue weighted by Gasteiger charge is 2.54. The van der Waals surface area contributed by atoms with E-state index in [4.69, 9.17) is 4.52 Å². The van der Waals surface area contributed by atoms with Crippen molar-refractivity contribution >= 4 is 22.9 Å². The van der Waals surface area contributed by atoms with Gasteiger partial charge in [-0.3, -0.25) is 4.79 Å². The highest BCUT2D eigenvalue weighted by atomic mass is 32.1. The molecule has 2 aromatic carbocycles. The van der Waals surface area contributed by atoms with Crippen molar-refractivity contribution in [1.29, 1.82) is 0 Å². The van der Waals surface area contributed by atoms with E-state index in [1.807, 2.05) is 36.6 Å². The number of hydrogen-bond acceptors (Lipinski definition) is 5. The smallest absolute Gasteiger partial charge is 0.236 e. The minimum absolute atomic E-state index is 0.137. The van der Waals surface area contributed by atoms with E-state index >= 15 is 0 Å². The molecule has 1 aliphatic rings. The summed E-state index contributed by atoms with van der Waals surface area (Å²) < 4.78 is 19.4. The van der Waals surface area contributed by atoms with E-state index < -0.39 is 5.41 Å². The van der Waals surface area contributed by atoms with E-state index in [0.29, 0.717) is 35.5 Å². The minimum atomic E-state index is -0.736. The minimum Gasteiger partial charge on any atom is -0.356 e. The normalized spacial score (nSPS) is 14.5. The van der Waals surface area contributed by atoms with Gasteiger partial charge in [-0.15, -0.1) is 11.3 Å². The summed E-state index contributed by atoms with van der Waals surface area (Å²) in [6.45, 7) is 1.96. The second kappa shape index (κ2) is 7.18. The van der Waals surface area contributed by atoms with Gasteiger partial charge in [0, 0.05) is 22.7 Å². The van der Waals surface area contributed by atoms with Crippen LogP contribution >= 0.6 is 11.3 Å². The Hall–Kier alpha value is -3.32. The van der Waals surface area contributed by atoms with Crippen molar-refractivity contribution in [2.24, 2.45) is 0 Å². The second-order valence-electron chi connectivity index (χ2n) is 7.43. The van der Waals surface area contributed by atoms with Crippen LogP contribution in [-0.4, -0.2) is 16.0 Å². The molecule has 0 spiro atoms. The number of thiazole rings is 1. The first kappa shape index (κ1) is 18.7. The molecule has 30 heavy (non-hydrogen) atoms. The van der Waals surface area contributed by atoms with Crippen molar-refractivity contribution < 1.29 is 13.7 Å². The lowest BCUT2D eigenvalue weighted by atomic mass is 10.00. The second-order valence-corrected chi connectivity index (χ2v) is 8.49. The molecule has 0 bridgehead atoms. The SMILES string of the molecule is Cc1nc(-c2cccc(NC(=O)C3(c4cc(-c5ccccc5F)on4)CC3)c2)cs1. The van der Waals surface area contributed by atoms with Gasteiger partial charge in [-0.1, -0.05) is 29.4 Å². The Morgan fingerprint density at radius 2 is 2.00 bits per heavy atom. The van der Waals surface area contributed by atoms with Gasteiger partial charge in [0.15, 0.2) is 5.76 Å². The van der Waals surface area contributed by atoms with Crippen LogP contribution in [0.2, 0.25) is 0 Å². The number of hydrogen-bond donors (Lipinski definition) is 1. The van der Waals surface area contributed by atoms with E-state index in [0.717, 1.165) is 16.3 Å². The van der Waals surface area contributed by atoms with E-state index in [1.165, 1.54) is 6.07 Å². The van der Waals surface area contributed by atoms with Gasteiger partial charge in [-0.2, -0.15) is 0 Å². The number of carbonyl (C=O) groups is 1. The Labute approximate surface area is 176 Å². The Balaban J connectivity index is 1.38. The van der Waals surface area contributed by atoms with Crippen LogP contribution in [0.4, 0.5) is 10.1 Å². The summed E-state index contributed by atoms with van der Waals surface area (Å²) in [5.74, 6) is -0.200. The number of benzene rings is 2. The maximum atomic E-state index is 14.1. The zero-order chi connectivity index (χ0) is 20.7. The first-order valence-corrected chi connectivity index (χ1v) is 10.5. The Morgan fingerprint density at radius 3 is 2.73 bits per heavy atom. The van der Waals surface area contributed by atoms with Crippen molar-refractivity contribution in [2.45, 2.75) is 25.2 Å². The molecule has 0 unspecified atom stereocenters. The molecule has 1 fully saturated rings. The molecule has 0 atom stereocenters. The summed E-state index contributed by atoms with van der Waals surface area (Å²) in [5.41, 5.74) is 2.67. The standard InChI is InChI=1S/C23H18FN3O2S/c1-14-25-19(13-30-14)15-5-4-6-16(11-15)26-22(28)23(9-10-23)21-12-20(29-27-21)17-7-2-3-8-18(17)24/h2-8,11-13H,9-10H2,1H3,(H,26,28). The Morgan fingerprint density at radius 1 is 1.17 bits per heavy atom. The van der Waals surface area contributed by atoms with E-state index in [-0.39, 0.29) is 11.7 Å². The number of carbonyl (C=O) groups excluding carboxylic acids is 1. The molecule has 0 aliphatic heterocycles. The number of nitrogens with zero attached hydrogens (tertiary/aromatic N) is 2. The molecule has 1 N–H and O–H groups in total. The number of aryl methyl sites for hydroxylation is 1. The van der Waals surface area contributed by atoms with Gasteiger partial charge in [-0.05, 0) is 44.0 Å². The Bertz CT molecular complexity index is 1240. The van der Waals surface area contributed by atoms with Crippen LogP contribution in [0.1, 0.15) is 23.5 Å². The fraction of sp³-hybridized carbons (Fsp3) is 0.174. The largest absolute Gasteiger partial charge is 0.356 e. The van der Waals surface area contributed by atoms with Crippen molar-refractivity contribution in [3.63, 3.8) is 0 Å². The summed E-state index contributed by atoms with van der Waals surface area (Å²) in [6, 6.07) is 15.6. The number of amides is 1. The lowest BCUT2D eigenvalue weighted by molar-refractivity contribution is -0.118. The van der Waals surface area contributed by atoms with Crippen LogP contribution in [0.15, 0.2) is 64.5 Å². The maximum absolute atomic E-state index is 14.1. The molecular formula is C23H18FN3O2S. The first-order chi connectivity index (χ1) is 14.5. The number of anilines is 1. The van der Waals surface area contributed by atoms with Gasteiger partial charge in [0.1, 0.15) is 5.82 Å². The molecule has 2 aromatic heterocycles. The van der Waals surface area contributed by atoms with Gasteiger partial charge in [0.25, 0.3) is 0 Å². The van der Waals surface area contributed by atoms with Crippen molar-refractivity contribution in [2.75, 3.05) is 5.32 Å². The molecular weight excluding hydrogens is 401 g/mol. The van der Waals surface area contributed by atoms with Crippen LogP contribution in [0, 0.1) is 12.7 Å². The molecule has 5 rings (SSSR count). The third-order valence-electron chi connectivity index (χ3n) is 5.36. The van der Waals surface area contributed by atoms with Crippen molar-refractivity contribution in [1.82, 2.24) is 10.1 Å². The molecule has 7 heteroatoms. The number of rotatable bonds is 5. The van der Waals surface area contributed by atoms with Gasteiger partial charge in [-0.25, -0.2) is 9.37 Å². The Kier molecular flexibility index (Phi) is 4.47. The summed E-state index contributed by atoms with van der Waals surface area (Å²) in [6.07, 6.45) is 1.35. The van der Waals surface area contributed by atoms with Gasteiger partial charge >= 0.3 is 0 Å². The summed E-state index contributed by atoms with van der Waals surface area (Å²) >= 11 is 1.59. The van der Waals surface area contributed by atoms with Crippen LogP contribution in [0.3, 0.4) is 0 Å². The van der Waals surface area contributed by atoms with Crippen LogP contribution in [0.25, 0.3) is 22.6 Å². The average molecular weight is 419 g/mol. The molecule has 1 aliphatic carbocycles. The molecule has 1 amide bonds. The highest BCUT2D eigenvalue weighted by molar-refractivity contribution is 7.09. The summed E-state index contributed by atoms with van der Waals surface area (Å²) in [5, 5.41) is 10.1. The average Bonchev–Trinajstić information content (AvgIpc) is 3.20. The predicted octanol–water partition coefficient (Wildman–Crippen LogP) is 5.58. The zero-order valence-electron chi connectivity index (χ0n) is 16.2. The topological polar surface area (TPSA) is 68.0 Å². The van der Waals surface area contributed by atoms with E-state index in [9.17, 15) is 9.18 Å². The lowest BCUT2D eigenvalue weighted by Crippen LogP contribution is -2.28. The van der Waals surface area contributed by atoms with Crippen LogP contribution in [0.5, 0.6) is 0 Å². The quantitative estimate of drug-likeness (QED) is 0.458. The molecule has 2 heterocycles. The zero-order valence-corrected chi connectivity index (χ0v) is 17.0. The fourth-order valence-corrected chi connectivity index (χ4v) is 4.14. The van der Waals surface area contributed by atoms with E-state index in [1.54, 1.807) is 35.6 Å². The first-order valence-electron chi connectivity index (χ1n) is 9.61. The van der Waals surface area contributed by atoms with Crippen molar-refractivity contribution in [3.05, 3.63) is 76.5 Å². The summed E-state index contributed by atoms with van der Waals surface area (Å²) in [7, 11) is 0. The third-order valence-corrected chi connectivity index (χ3v) is 6.13. The molecule has 0 saturated heterocycles. The predicted molar refractivity (Wildman–Crippen MR) is 114 cm³/mol.